The molecule has 0 atom stereocenters. The molecular weight excluding hydrogens is 571 g/mol. The monoisotopic (exact) mass is 592 g/mol. The summed E-state index contributed by atoms with van der Waals surface area (Å²) in [6.45, 7) is 2.57. The lowest BCUT2D eigenvalue weighted by Gasteiger charge is -2.31. The summed E-state index contributed by atoms with van der Waals surface area (Å²) >= 11 is 0.741. The molecule has 1 aromatic heterocycles. The van der Waals surface area contributed by atoms with E-state index in [1.807, 2.05) is 12.1 Å². The number of anilines is 2. The molecule has 0 saturated carbocycles. The van der Waals surface area contributed by atoms with Crippen molar-refractivity contribution in [2.75, 3.05) is 30.0 Å². The number of nitrogens with zero attached hydrogens (tertiary/aromatic N) is 3. The van der Waals surface area contributed by atoms with Gasteiger partial charge in [-0.1, -0.05) is 16.6 Å². The van der Waals surface area contributed by atoms with E-state index in [-0.39, 0.29) is 12.2 Å². The molecule has 0 bridgehead atoms. The first-order valence-corrected chi connectivity index (χ1v) is 13.6. The molecule has 1 saturated heterocycles. The van der Waals surface area contributed by atoms with E-state index >= 15 is 8.78 Å². The summed E-state index contributed by atoms with van der Waals surface area (Å²) in [7, 11) is -4.04. The number of methoxy groups -OCH3 is 1. The van der Waals surface area contributed by atoms with Crippen LogP contribution in [-0.2, 0) is 32.7 Å². The van der Waals surface area contributed by atoms with E-state index in [4.69, 9.17) is 4.74 Å². The smallest absolute Gasteiger partial charge is 0.493 e. The summed E-state index contributed by atoms with van der Waals surface area (Å²) in [6, 6.07) is 6.75. The van der Waals surface area contributed by atoms with Gasteiger partial charge in [-0.05, 0) is 43.3 Å². The van der Waals surface area contributed by atoms with Crippen molar-refractivity contribution < 1.29 is 44.7 Å². The van der Waals surface area contributed by atoms with E-state index in [0.29, 0.717) is 24.4 Å². The number of sulfonamides is 1. The fourth-order valence-corrected chi connectivity index (χ4v) is 5.62. The van der Waals surface area contributed by atoms with Crippen LogP contribution in [0.15, 0.2) is 46.1 Å². The molecule has 0 amide bonds. The Morgan fingerprint density at radius 1 is 1.21 bits per heavy atom. The van der Waals surface area contributed by atoms with Gasteiger partial charge in [0.05, 0.1) is 12.6 Å². The first-order chi connectivity index (χ1) is 18.4. The van der Waals surface area contributed by atoms with Crippen LogP contribution in [0.2, 0.25) is 0 Å². The van der Waals surface area contributed by atoms with Crippen molar-refractivity contribution in [2.45, 2.75) is 30.6 Å². The Morgan fingerprint density at radius 2 is 1.90 bits per heavy atom. The minimum atomic E-state index is -5.60. The highest BCUT2D eigenvalue weighted by Crippen LogP contribution is 2.32. The predicted octanol–water partition coefficient (Wildman–Crippen LogP) is 4.46. The SMILES string of the molecule is COc1cccc(CN2CCC2)c1CNc1cc(F)c(S(=O)(=O)N(OC(=O)C(F)(F)F)c2cscn2)c(F)c1. The highest BCUT2D eigenvalue weighted by molar-refractivity contribution is 7.92. The van der Waals surface area contributed by atoms with Gasteiger partial charge in [-0.15, -0.1) is 11.3 Å². The van der Waals surface area contributed by atoms with Crippen LogP contribution < -0.4 is 14.5 Å². The first-order valence-electron chi connectivity index (χ1n) is 11.2. The van der Waals surface area contributed by atoms with Gasteiger partial charge in [-0.2, -0.15) is 21.6 Å². The van der Waals surface area contributed by atoms with Gasteiger partial charge < -0.3 is 14.9 Å². The Kier molecular flexibility index (Phi) is 8.27. The van der Waals surface area contributed by atoms with Crippen molar-refractivity contribution in [2.24, 2.45) is 0 Å². The number of likely N-dealkylation sites (tertiary alicyclic amines) is 1. The third-order valence-corrected chi connectivity index (χ3v) is 7.92. The average Bonchev–Trinajstić information content (AvgIpc) is 3.36. The van der Waals surface area contributed by atoms with Crippen LogP contribution in [-0.4, -0.2) is 50.6 Å². The topological polar surface area (TPSA) is 101 Å². The van der Waals surface area contributed by atoms with Crippen LogP contribution in [0.3, 0.4) is 0 Å². The second-order valence-electron chi connectivity index (χ2n) is 8.31. The maximum Gasteiger partial charge on any atom is 0.493 e. The summed E-state index contributed by atoms with van der Waals surface area (Å²) in [6.07, 6.45) is -4.51. The fourth-order valence-electron chi connectivity index (χ4n) is 3.76. The zero-order valence-electron chi connectivity index (χ0n) is 20.2. The van der Waals surface area contributed by atoms with Gasteiger partial charge in [0.15, 0.2) is 10.7 Å². The molecule has 3 aromatic rings. The van der Waals surface area contributed by atoms with Crippen LogP contribution in [0.5, 0.6) is 5.75 Å². The van der Waals surface area contributed by atoms with Gasteiger partial charge in [0.25, 0.3) is 0 Å². The quantitative estimate of drug-likeness (QED) is 0.272. The van der Waals surface area contributed by atoms with Crippen molar-refractivity contribution in [3.05, 3.63) is 64.0 Å². The average molecular weight is 593 g/mol. The Morgan fingerprint density at radius 3 is 2.44 bits per heavy atom. The van der Waals surface area contributed by atoms with E-state index < -0.39 is 49.0 Å². The van der Waals surface area contributed by atoms with E-state index in [1.54, 1.807) is 6.07 Å². The highest BCUT2D eigenvalue weighted by Gasteiger charge is 2.46. The molecule has 0 unspecified atom stereocenters. The molecule has 0 aliphatic carbocycles. The minimum Gasteiger partial charge on any atom is -0.496 e. The number of carbonyl (C=O) groups excluding carboxylic acids is 1. The number of ether oxygens (including phenoxy) is 1. The Bertz CT molecular complexity index is 1420. The maximum atomic E-state index is 15.1. The fraction of sp³-hybridized carbons (Fsp3) is 0.304. The second-order valence-corrected chi connectivity index (χ2v) is 10.7. The zero-order chi connectivity index (χ0) is 28.4. The number of carbonyl (C=O) groups is 1. The normalized spacial score (nSPS) is 14.0. The Balaban J connectivity index is 1.62. The standard InChI is InChI=1S/C23H21F5N4O5S2/c1-36-19-5-2-4-14(11-31-6-3-7-31)16(19)10-29-15-8-17(24)21(18(25)9-15)39(34,35)32(20-12-38-13-30-20)37-22(33)23(26,27)28/h2,4-5,8-9,12-13,29H,3,6-7,10-11H2,1H3. The number of thiazole rings is 1. The van der Waals surface area contributed by atoms with Gasteiger partial charge in [0.1, 0.15) is 17.4 Å². The lowest BCUT2D eigenvalue weighted by atomic mass is 10.0. The van der Waals surface area contributed by atoms with Gasteiger partial charge in [0, 0.05) is 29.7 Å². The van der Waals surface area contributed by atoms with Crippen molar-refractivity contribution >= 4 is 38.8 Å². The van der Waals surface area contributed by atoms with E-state index in [2.05, 4.69) is 20.0 Å². The molecule has 39 heavy (non-hydrogen) atoms. The van der Waals surface area contributed by atoms with Crippen LogP contribution in [0.1, 0.15) is 17.5 Å². The number of hydrogen-bond acceptors (Lipinski definition) is 9. The summed E-state index contributed by atoms with van der Waals surface area (Å²) in [5.74, 6) is -6.47. The summed E-state index contributed by atoms with van der Waals surface area (Å²) in [5, 5.41) is 3.74. The number of nitrogens with one attached hydrogen (secondary N) is 1. The van der Waals surface area contributed by atoms with Crippen molar-refractivity contribution in [3.8, 4) is 5.75 Å². The predicted molar refractivity (Wildman–Crippen MR) is 130 cm³/mol. The third kappa shape index (κ3) is 6.23. The van der Waals surface area contributed by atoms with E-state index in [9.17, 15) is 26.4 Å². The summed E-state index contributed by atoms with van der Waals surface area (Å²) in [5.41, 5.74) is 2.51. The third-order valence-electron chi connectivity index (χ3n) is 5.74. The second kappa shape index (κ2) is 11.3. The molecule has 1 aliphatic heterocycles. The van der Waals surface area contributed by atoms with Crippen LogP contribution in [0, 0.1) is 11.6 Å². The van der Waals surface area contributed by atoms with Gasteiger partial charge >= 0.3 is 22.2 Å². The number of rotatable bonds is 10. The Hall–Kier alpha value is -3.50. The molecule has 1 N–H and O–H groups in total. The molecule has 1 aliphatic rings. The lowest BCUT2D eigenvalue weighted by molar-refractivity contribution is -0.199. The van der Waals surface area contributed by atoms with Gasteiger partial charge in [-0.3, -0.25) is 4.90 Å². The lowest BCUT2D eigenvalue weighted by Crippen LogP contribution is -2.39. The van der Waals surface area contributed by atoms with Gasteiger partial charge in [0.2, 0.25) is 0 Å². The molecule has 4 rings (SSSR count). The molecule has 210 valence electrons. The van der Waals surface area contributed by atoms with Crippen molar-refractivity contribution in [3.63, 3.8) is 0 Å². The number of aromatic nitrogens is 1. The highest BCUT2D eigenvalue weighted by atomic mass is 32.2. The molecule has 2 aromatic carbocycles. The summed E-state index contributed by atoms with van der Waals surface area (Å²) < 4.78 is 99.3. The number of alkyl halides is 3. The number of halogens is 5. The first kappa shape index (κ1) is 28.5. The van der Waals surface area contributed by atoms with Crippen molar-refractivity contribution in [1.82, 2.24) is 9.88 Å². The van der Waals surface area contributed by atoms with Crippen LogP contribution in [0.25, 0.3) is 0 Å². The zero-order valence-corrected chi connectivity index (χ0v) is 21.8. The largest absolute Gasteiger partial charge is 0.496 e. The number of hydrogen-bond donors (Lipinski definition) is 1. The minimum absolute atomic E-state index is 0.0618. The maximum absolute atomic E-state index is 15.1. The molecular formula is C23H21F5N4O5S2. The molecule has 1 fully saturated rings. The molecule has 9 nitrogen and oxygen atoms in total. The Labute approximate surface area is 223 Å². The molecule has 0 spiro atoms. The molecule has 16 heteroatoms. The van der Waals surface area contributed by atoms with Crippen molar-refractivity contribution in [1.29, 1.82) is 0 Å². The van der Waals surface area contributed by atoms with Crippen LogP contribution in [0.4, 0.5) is 33.5 Å². The number of benzene rings is 2. The van der Waals surface area contributed by atoms with Crippen LogP contribution >= 0.6 is 11.3 Å². The van der Waals surface area contributed by atoms with E-state index in [0.717, 1.165) is 52.9 Å². The van der Waals surface area contributed by atoms with E-state index in [1.165, 1.54) is 7.11 Å². The summed E-state index contributed by atoms with van der Waals surface area (Å²) in [4.78, 5) is 19.4. The molecule has 0 radical (unpaired) electrons. The van der Waals surface area contributed by atoms with Gasteiger partial charge in [-0.25, -0.2) is 18.6 Å². The molecule has 2 heterocycles.